The number of hydrogen-bond donors (Lipinski definition) is 1. The summed E-state index contributed by atoms with van der Waals surface area (Å²) in [4.78, 5) is 4.47. The number of nitrogens with zero attached hydrogens (tertiary/aromatic N) is 4. The molecular formula is C13H21N5. The van der Waals surface area contributed by atoms with Crippen molar-refractivity contribution in [1.82, 2.24) is 19.3 Å². The van der Waals surface area contributed by atoms with Crippen molar-refractivity contribution in [3.8, 4) is 0 Å². The minimum atomic E-state index is 0.625. The second-order valence-electron chi connectivity index (χ2n) is 5.47. The molecule has 98 valence electrons. The van der Waals surface area contributed by atoms with Crippen LogP contribution in [-0.4, -0.2) is 19.3 Å². The summed E-state index contributed by atoms with van der Waals surface area (Å²) in [5, 5.41) is 4.52. The lowest BCUT2D eigenvalue weighted by Gasteiger charge is -2.13. The van der Waals surface area contributed by atoms with Crippen LogP contribution in [0.15, 0.2) is 0 Å². The Morgan fingerprint density at radius 3 is 2.78 bits per heavy atom. The standard InChI is InChI=1S/C13H21N5/c1-4-18-12-11(9(3)16-18)15-13(14)17(12)7-8(2)10-5-6-10/h8,10H,4-7H2,1-3H3,(H2,14,15). The van der Waals surface area contributed by atoms with E-state index in [9.17, 15) is 0 Å². The number of nitrogen functional groups attached to an aromatic ring is 1. The molecule has 5 nitrogen and oxygen atoms in total. The molecule has 0 saturated heterocycles. The summed E-state index contributed by atoms with van der Waals surface area (Å²) in [6.45, 7) is 8.22. The molecule has 0 aromatic carbocycles. The van der Waals surface area contributed by atoms with Gasteiger partial charge in [-0.05, 0) is 38.5 Å². The summed E-state index contributed by atoms with van der Waals surface area (Å²) in [5.41, 5.74) is 9.08. The first-order chi connectivity index (χ1) is 8.61. The van der Waals surface area contributed by atoms with Crippen LogP contribution in [0.25, 0.3) is 11.2 Å². The molecule has 1 aliphatic carbocycles. The van der Waals surface area contributed by atoms with Crippen molar-refractivity contribution in [2.75, 3.05) is 5.73 Å². The number of aryl methyl sites for hydroxylation is 2. The molecular weight excluding hydrogens is 226 g/mol. The number of aromatic nitrogens is 4. The molecule has 2 aromatic heterocycles. The van der Waals surface area contributed by atoms with Crippen LogP contribution in [-0.2, 0) is 13.1 Å². The lowest BCUT2D eigenvalue weighted by Crippen LogP contribution is -2.14. The quantitative estimate of drug-likeness (QED) is 0.900. The molecule has 1 saturated carbocycles. The Morgan fingerprint density at radius 1 is 1.44 bits per heavy atom. The van der Waals surface area contributed by atoms with Gasteiger partial charge < -0.3 is 5.73 Å². The highest BCUT2D eigenvalue weighted by Gasteiger charge is 2.29. The van der Waals surface area contributed by atoms with E-state index in [-0.39, 0.29) is 0 Å². The van der Waals surface area contributed by atoms with Gasteiger partial charge in [-0.3, -0.25) is 4.57 Å². The number of hydrogen-bond acceptors (Lipinski definition) is 3. The van der Waals surface area contributed by atoms with E-state index < -0.39 is 0 Å². The van der Waals surface area contributed by atoms with Crippen LogP contribution in [0, 0.1) is 18.8 Å². The maximum atomic E-state index is 6.07. The van der Waals surface area contributed by atoms with Gasteiger partial charge in [-0.25, -0.2) is 9.67 Å². The molecule has 2 heterocycles. The summed E-state index contributed by atoms with van der Waals surface area (Å²) >= 11 is 0. The Kier molecular flexibility index (Phi) is 2.57. The maximum absolute atomic E-state index is 6.07. The summed E-state index contributed by atoms with van der Waals surface area (Å²) < 4.78 is 4.15. The Labute approximate surface area is 107 Å². The van der Waals surface area contributed by atoms with Gasteiger partial charge in [0.25, 0.3) is 0 Å². The van der Waals surface area contributed by atoms with E-state index in [1.807, 2.05) is 11.6 Å². The van der Waals surface area contributed by atoms with Gasteiger partial charge in [0.15, 0.2) is 5.65 Å². The topological polar surface area (TPSA) is 61.7 Å². The zero-order chi connectivity index (χ0) is 12.9. The van der Waals surface area contributed by atoms with Crippen molar-refractivity contribution in [2.24, 2.45) is 11.8 Å². The Morgan fingerprint density at radius 2 is 2.17 bits per heavy atom. The normalized spacial score (nSPS) is 17.5. The van der Waals surface area contributed by atoms with E-state index in [1.165, 1.54) is 12.8 Å². The summed E-state index contributed by atoms with van der Waals surface area (Å²) in [6, 6.07) is 0. The van der Waals surface area contributed by atoms with Gasteiger partial charge in [-0.1, -0.05) is 6.92 Å². The minimum Gasteiger partial charge on any atom is -0.369 e. The largest absolute Gasteiger partial charge is 0.369 e. The molecule has 18 heavy (non-hydrogen) atoms. The summed E-state index contributed by atoms with van der Waals surface area (Å²) in [5.74, 6) is 2.17. The number of imidazole rings is 1. The van der Waals surface area contributed by atoms with E-state index in [4.69, 9.17) is 5.73 Å². The van der Waals surface area contributed by atoms with Gasteiger partial charge in [0.1, 0.15) is 5.52 Å². The lowest BCUT2D eigenvalue weighted by atomic mass is 10.1. The number of anilines is 1. The average molecular weight is 247 g/mol. The predicted octanol–water partition coefficient (Wildman–Crippen LogP) is 2.19. The maximum Gasteiger partial charge on any atom is 0.202 e. The third-order valence-electron chi connectivity index (χ3n) is 4.03. The molecule has 0 spiro atoms. The highest BCUT2D eigenvalue weighted by molar-refractivity contribution is 5.77. The van der Waals surface area contributed by atoms with E-state index in [0.717, 1.165) is 35.9 Å². The van der Waals surface area contributed by atoms with E-state index >= 15 is 0 Å². The molecule has 2 aromatic rings. The first-order valence-electron chi connectivity index (χ1n) is 6.81. The van der Waals surface area contributed by atoms with E-state index in [2.05, 4.69) is 28.5 Å². The molecule has 1 atom stereocenters. The number of nitrogens with two attached hydrogens (primary N) is 1. The van der Waals surface area contributed by atoms with Gasteiger partial charge in [0.2, 0.25) is 5.95 Å². The molecule has 3 rings (SSSR count). The second kappa shape index (κ2) is 4.00. The van der Waals surface area contributed by atoms with Gasteiger partial charge in [0, 0.05) is 13.1 Å². The zero-order valence-corrected chi connectivity index (χ0v) is 11.3. The average Bonchev–Trinajstić information content (AvgIpc) is 3.08. The monoisotopic (exact) mass is 247 g/mol. The predicted molar refractivity (Wildman–Crippen MR) is 72.2 cm³/mol. The smallest absolute Gasteiger partial charge is 0.202 e. The number of fused-ring (bicyclic) bond motifs is 1. The Bertz CT molecular complexity index is 576. The van der Waals surface area contributed by atoms with Crippen molar-refractivity contribution >= 4 is 17.1 Å². The Balaban J connectivity index is 2.05. The lowest BCUT2D eigenvalue weighted by molar-refractivity contribution is 0.434. The zero-order valence-electron chi connectivity index (χ0n) is 11.3. The molecule has 1 unspecified atom stereocenters. The fourth-order valence-corrected chi connectivity index (χ4v) is 2.74. The Hall–Kier alpha value is -1.52. The summed E-state index contributed by atoms with van der Waals surface area (Å²) in [7, 11) is 0. The van der Waals surface area contributed by atoms with Crippen LogP contribution in [0.3, 0.4) is 0 Å². The molecule has 1 fully saturated rings. The highest BCUT2D eigenvalue weighted by Crippen LogP contribution is 2.38. The van der Waals surface area contributed by atoms with Gasteiger partial charge >= 0.3 is 0 Å². The van der Waals surface area contributed by atoms with Crippen molar-refractivity contribution in [3.05, 3.63) is 5.69 Å². The van der Waals surface area contributed by atoms with Crippen LogP contribution in [0.1, 0.15) is 32.4 Å². The molecule has 1 aliphatic rings. The first kappa shape index (κ1) is 11.6. The van der Waals surface area contributed by atoms with E-state index in [1.54, 1.807) is 0 Å². The van der Waals surface area contributed by atoms with Gasteiger partial charge in [-0.15, -0.1) is 0 Å². The van der Waals surface area contributed by atoms with Crippen LogP contribution in [0.2, 0.25) is 0 Å². The fraction of sp³-hybridized carbons (Fsp3) is 0.692. The summed E-state index contributed by atoms with van der Waals surface area (Å²) in [6.07, 6.45) is 2.73. The van der Waals surface area contributed by atoms with E-state index in [0.29, 0.717) is 11.9 Å². The highest BCUT2D eigenvalue weighted by atomic mass is 15.4. The van der Waals surface area contributed by atoms with Crippen LogP contribution in [0.5, 0.6) is 0 Å². The number of rotatable bonds is 4. The molecule has 0 aliphatic heterocycles. The SMILES string of the molecule is CCn1nc(C)c2nc(N)n(CC(C)C3CC3)c21. The fourth-order valence-electron chi connectivity index (χ4n) is 2.74. The second-order valence-corrected chi connectivity index (χ2v) is 5.47. The first-order valence-corrected chi connectivity index (χ1v) is 6.81. The van der Waals surface area contributed by atoms with Crippen LogP contribution < -0.4 is 5.73 Å². The van der Waals surface area contributed by atoms with Crippen molar-refractivity contribution < 1.29 is 0 Å². The van der Waals surface area contributed by atoms with Gasteiger partial charge in [-0.2, -0.15) is 5.10 Å². The van der Waals surface area contributed by atoms with Crippen molar-refractivity contribution in [2.45, 2.75) is 46.7 Å². The van der Waals surface area contributed by atoms with Gasteiger partial charge in [0.05, 0.1) is 5.69 Å². The third kappa shape index (κ3) is 1.69. The molecule has 0 bridgehead atoms. The third-order valence-corrected chi connectivity index (χ3v) is 4.03. The van der Waals surface area contributed by atoms with Crippen LogP contribution >= 0.6 is 0 Å². The molecule has 2 N–H and O–H groups in total. The molecule has 5 heteroatoms. The molecule has 0 radical (unpaired) electrons. The minimum absolute atomic E-state index is 0.625. The van der Waals surface area contributed by atoms with Crippen molar-refractivity contribution in [3.63, 3.8) is 0 Å². The molecule has 0 amide bonds. The van der Waals surface area contributed by atoms with Crippen LogP contribution in [0.4, 0.5) is 5.95 Å². The van der Waals surface area contributed by atoms with Crippen molar-refractivity contribution in [1.29, 1.82) is 0 Å².